The lowest BCUT2D eigenvalue weighted by Gasteiger charge is -2.09. The van der Waals surface area contributed by atoms with Crippen molar-refractivity contribution in [3.8, 4) is 0 Å². The zero-order valence-corrected chi connectivity index (χ0v) is 13.9. The molecule has 126 valence electrons. The number of benzene rings is 2. The fraction of sp³-hybridized carbons (Fsp3) is 0.105. The van der Waals surface area contributed by atoms with Crippen LogP contribution < -0.4 is 10.6 Å². The number of hydrogen-bond donors (Lipinski definition) is 2. The number of aryl methyl sites for hydroxylation is 2. The molecule has 1 heterocycles. The summed E-state index contributed by atoms with van der Waals surface area (Å²) in [6, 6.07) is 15.0. The van der Waals surface area contributed by atoms with E-state index in [9.17, 15) is 9.18 Å². The van der Waals surface area contributed by atoms with E-state index in [4.69, 9.17) is 0 Å². The van der Waals surface area contributed by atoms with E-state index in [1.165, 1.54) is 18.2 Å². The maximum Gasteiger partial charge on any atom is 0.274 e. The van der Waals surface area contributed by atoms with Gasteiger partial charge in [0.1, 0.15) is 11.5 Å². The van der Waals surface area contributed by atoms with E-state index >= 15 is 0 Å². The van der Waals surface area contributed by atoms with Crippen molar-refractivity contribution in [3.63, 3.8) is 0 Å². The fourth-order valence-corrected chi connectivity index (χ4v) is 2.35. The molecular weight excluding hydrogens is 319 g/mol. The van der Waals surface area contributed by atoms with Gasteiger partial charge in [-0.15, -0.1) is 0 Å². The minimum absolute atomic E-state index is 0.201. The highest BCUT2D eigenvalue weighted by Gasteiger charge is 2.11. The van der Waals surface area contributed by atoms with Gasteiger partial charge < -0.3 is 10.6 Å². The highest BCUT2D eigenvalue weighted by Crippen LogP contribution is 2.16. The zero-order valence-electron chi connectivity index (χ0n) is 13.9. The minimum Gasteiger partial charge on any atom is -0.324 e. The molecule has 0 saturated heterocycles. The number of halogens is 1. The summed E-state index contributed by atoms with van der Waals surface area (Å²) in [5, 5.41) is 5.72. The van der Waals surface area contributed by atoms with Crippen LogP contribution in [-0.4, -0.2) is 15.9 Å². The maximum absolute atomic E-state index is 13.2. The van der Waals surface area contributed by atoms with Gasteiger partial charge in [-0.05, 0) is 55.8 Å². The molecule has 1 amide bonds. The molecule has 0 unspecified atom stereocenters. The Morgan fingerprint density at radius 1 is 0.960 bits per heavy atom. The third-order valence-electron chi connectivity index (χ3n) is 3.44. The lowest BCUT2D eigenvalue weighted by molar-refractivity contribution is 0.102. The van der Waals surface area contributed by atoms with Crippen LogP contribution >= 0.6 is 0 Å². The second-order valence-electron chi connectivity index (χ2n) is 5.68. The predicted molar refractivity (Wildman–Crippen MR) is 95.6 cm³/mol. The summed E-state index contributed by atoms with van der Waals surface area (Å²) in [7, 11) is 0. The van der Waals surface area contributed by atoms with Crippen molar-refractivity contribution in [1.82, 2.24) is 9.97 Å². The van der Waals surface area contributed by atoms with Gasteiger partial charge in [0.15, 0.2) is 0 Å². The number of aromatic nitrogens is 2. The van der Waals surface area contributed by atoms with Crippen molar-refractivity contribution in [1.29, 1.82) is 0 Å². The van der Waals surface area contributed by atoms with Gasteiger partial charge in [-0.2, -0.15) is 0 Å². The first-order valence-corrected chi connectivity index (χ1v) is 7.76. The van der Waals surface area contributed by atoms with Gasteiger partial charge in [0, 0.05) is 17.1 Å². The molecular formula is C19H17FN4O. The van der Waals surface area contributed by atoms with Crippen LogP contribution in [-0.2, 0) is 0 Å². The molecule has 3 rings (SSSR count). The first kappa shape index (κ1) is 16.6. The second kappa shape index (κ2) is 7.09. The standard InChI is InChI=1S/C19H17FN4O/c1-12-5-3-7-15(9-12)23-19-21-13(2)10-17(24-19)18(25)22-16-8-4-6-14(20)11-16/h3-11H,1-2H3,(H,22,25)(H,21,23,24). The average molecular weight is 336 g/mol. The van der Waals surface area contributed by atoms with Gasteiger partial charge in [-0.25, -0.2) is 14.4 Å². The van der Waals surface area contributed by atoms with Crippen LogP contribution in [0.15, 0.2) is 54.6 Å². The SMILES string of the molecule is Cc1cccc(Nc2nc(C)cc(C(=O)Nc3cccc(F)c3)n2)c1. The molecule has 0 atom stereocenters. The molecule has 25 heavy (non-hydrogen) atoms. The Balaban J connectivity index is 1.82. The largest absolute Gasteiger partial charge is 0.324 e. The van der Waals surface area contributed by atoms with Crippen LogP contribution in [0.5, 0.6) is 0 Å². The highest BCUT2D eigenvalue weighted by atomic mass is 19.1. The Morgan fingerprint density at radius 2 is 1.72 bits per heavy atom. The molecule has 0 radical (unpaired) electrons. The molecule has 2 N–H and O–H groups in total. The highest BCUT2D eigenvalue weighted by molar-refractivity contribution is 6.03. The van der Waals surface area contributed by atoms with Crippen molar-refractivity contribution in [2.45, 2.75) is 13.8 Å². The topological polar surface area (TPSA) is 66.9 Å². The third-order valence-corrected chi connectivity index (χ3v) is 3.44. The van der Waals surface area contributed by atoms with E-state index in [0.29, 0.717) is 17.3 Å². The van der Waals surface area contributed by atoms with Crippen LogP contribution in [0.4, 0.5) is 21.7 Å². The van der Waals surface area contributed by atoms with E-state index in [1.807, 2.05) is 31.2 Å². The molecule has 0 spiro atoms. The van der Waals surface area contributed by atoms with Crippen LogP contribution in [0.2, 0.25) is 0 Å². The van der Waals surface area contributed by atoms with Crippen molar-refractivity contribution in [2.24, 2.45) is 0 Å². The van der Waals surface area contributed by atoms with Gasteiger partial charge >= 0.3 is 0 Å². The summed E-state index contributed by atoms with van der Waals surface area (Å²) < 4.78 is 13.2. The summed E-state index contributed by atoms with van der Waals surface area (Å²) in [5.74, 6) is -0.517. The molecule has 6 heteroatoms. The predicted octanol–water partition coefficient (Wildman–Crippen LogP) is 4.23. The van der Waals surface area contributed by atoms with E-state index in [-0.39, 0.29) is 5.69 Å². The van der Waals surface area contributed by atoms with Crippen molar-refractivity contribution in [3.05, 3.63) is 77.4 Å². The maximum atomic E-state index is 13.2. The Labute approximate surface area is 145 Å². The number of anilines is 3. The van der Waals surface area contributed by atoms with E-state index in [0.717, 1.165) is 11.3 Å². The number of nitrogens with zero attached hydrogens (tertiary/aromatic N) is 2. The average Bonchev–Trinajstić information content (AvgIpc) is 2.54. The lowest BCUT2D eigenvalue weighted by Crippen LogP contribution is -2.15. The van der Waals surface area contributed by atoms with Crippen LogP contribution in [0, 0.1) is 19.7 Å². The number of amides is 1. The van der Waals surface area contributed by atoms with Crippen molar-refractivity contribution < 1.29 is 9.18 Å². The molecule has 0 aliphatic heterocycles. The summed E-state index contributed by atoms with van der Waals surface area (Å²) in [4.78, 5) is 20.9. The summed E-state index contributed by atoms with van der Waals surface area (Å²) in [5.41, 5.74) is 3.15. The first-order chi connectivity index (χ1) is 12.0. The smallest absolute Gasteiger partial charge is 0.274 e. The Bertz CT molecular complexity index is 927. The first-order valence-electron chi connectivity index (χ1n) is 7.76. The Morgan fingerprint density at radius 3 is 2.48 bits per heavy atom. The van der Waals surface area contributed by atoms with Crippen LogP contribution in [0.3, 0.4) is 0 Å². The van der Waals surface area contributed by atoms with Crippen molar-refractivity contribution in [2.75, 3.05) is 10.6 Å². The van der Waals surface area contributed by atoms with Crippen molar-refractivity contribution >= 4 is 23.2 Å². The van der Waals surface area contributed by atoms with Crippen LogP contribution in [0.1, 0.15) is 21.7 Å². The number of rotatable bonds is 4. The minimum atomic E-state index is -0.427. The summed E-state index contributed by atoms with van der Waals surface area (Å²) in [6.07, 6.45) is 0. The van der Waals surface area contributed by atoms with Gasteiger partial charge in [0.05, 0.1) is 0 Å². The molecule has 5 nitrogen and oxygen atoms in total. The monoisotopic (exact) mass is 336 g/mol. The number of nitrogens with one attached hydrogen (secondary N) is 2. The molecule has 1 aromatic heterocycles. The molecule has 3 aromatic rings. The quantitative estimate of drug-likeness (QED) is 0.748. The molecule has 2 aromatic carbocycles. The molecule has 0 fully saturated rings. The summed E-state index contributed by atoms with van der Waals surface area (Å²) >= 11 is 0. The van der Waals surface area contributed by atoms with Gasteiger partial charge in [0.25, 0.3) is 5.91 Å². The van der Waals surface area contributed by atoms with Gasteiger partial charge in [0.2, 0.25) is 5.95 Å². The third kappa shape index (κ3) is 4.38. The summed E-state index contributed by atoms with van der Waals surface area (Å²) in [6.45, 7) is 3.77. The Hall–Kier alpha value is -3.28. The Kier molecular flexibility index (Phi) is 4.70. The van der Waals surface area contributed by atoms with E-state index in [1.54, 1.807) is 19.1 Å². The zero-order chi connectivity index (χ0) is 17.8. The molecule has 0 bridgehead atoms. The normalized spacial score (nSPS) is 10.4. The number of carbonyl (C=O) groups is 1. The van der Waals surface area contributed by atoms with Gasteiger partial charge in [-0.3, -0.25) is 4.79 Å². The lowest BCUT2D eigenvalue weighted by atomic mass is 10.2. The fourth-order valence-electron chi connectivity index (χ4n) is 2.35. The van der Waals surface area contributed by atoms with E-state index < -0.39 is 11.7 Å². The van der Waals surface area contributed by atoms with Gasteiger partial charge in [-0.1, -0.05) is 18.2 Å². The molecule has 0 aliphatic rings. The number of hydrogen-bond acceptors (Lipinski definition) is 4. The van der Waals surface area contributed by atoms with E-state index in [2.05, 4.69) is 20.6 Å². The van der Waals surface area contributed by atoms with Crippen LogP contribution in [0.25, 0.3) is 0 Å². The molecule has 0 aliphatic carbocycles. The second-order valence-corrected chi connectivity index (χ2v) is 5.68. The number of carbonyl (C=O) groups excluding carboxylic acids is 1. The molecule has 0 saturated carbocycles.